The molecule has 29 heavy (non-hydrogen) atoms. The van der Waals surface area contributed by atoms with Crippen molar-refractivity contribution in [3.05, 3.63) is 66.0 Å². The van der Waals surface area contributed by atoms with Crippen LogP contribution in [0.4, 0.5) is 32.1 Å². The molecule has 4 N–H and O–H groups in total. The van der Waals surface area contributed by atoms with Crippen molar-refractivity contribution in [1.82, 2.24) is 15.0 Å². The van der Waals surface area contributed by atoms with Crippen LogP contribution in [-0.4, -0.2) is 26.6 Å². The fraction of sp³-hybridized carbons (Fsp3) is 0.158. The average molecular weight is 416 g/mol. The van der Waals surface area contributed by atoms with Gasteiger partial charge in [0.2, 0.25) is 17.8 Å². The van der Waals surface area contributed by atoms with E-state index in [1.54, 1.807) is 0 Å². The molecule has 0 saturated heterocycles. The van der Waals surface area contributed by atoms with Gasteiger partial charge >= 0.3 is 0 Å². The molecular formula is C19H18F2N6OS. The van der Waals surface area contributed by atoms with Crippen LogP contribution in [0.2, 0.25) is 0 Å². The second-order valence-electron chi connectivity index (χ2n) is 6.00. The van der Waals surface area contributed by atoms with Crippen LogP contribution in [0.1, 0.15) is 18.0 Å². The molecule has 0 radical (unpaired) electrons. The first-order chi connectivity index (χ1) is 13.9. The molecule has 0 bridgehead atoms. The number of nitrogens with two attached hydrogens (primary N) is 1. The third-order valence-corrected chi connectivity index (χ3v) is 4.87. The number of rotatable bonds is 7. The number of nitrogens with zero attached hydrogens (tertiary/aromatic N) is 3. The van der Waals surface area contributed by atoms with E-state index in [1.165, 1.54) is 17.8 Å². The van der Waals surface area contributed by atoms with Gasteiger partial charge in [-0.2, -0.15) is 15.0 Å². The Morgan fingerprint density at radius 3 is 2.55 bits per heavy atom. The number of nitrogens with one attached hydrogen (secondary N) is 2. The number of thioether (sulfide) groups is 1. The summed E-state index contributed by atoms with van der Waals surface area (Å²) >= 11 is 1.27. The van der Waals surface area contributed by atoms with Gasteiger partial charge in [-0.15, -0.1) is 11.8 Å². The number of hydrogen-bond acceptors (Lipinski definition) is 7. The standard InChI is InChI=1S/C19H18F2N6OS/c1-11(29-10-16(28)23-13-7-8-14(20)15(21)9-13)17-25-18(22)27-19(26-17)24-12-5-3-2-4-6-12/h2-9,11H,10H2,1H3,(H,23,28)(H3,22,24,25,26,27)/t11-/m0/s1. The lowest BCUT2D eigenvalue weighted by Gasteiger charge is -2.12. The Morgan fingerprint density at radius 1 is 1.07 bits per heavy atom. The van der Waals surface area contributed by atoms with Gasteiger partial charge in [0.25, 0.3) is 0 Å². The topological polar surface area (TPSA) is 106 Å². The minimum atomic E-state index is -1.03. The monoisotopic (exact) mass is 416 g/mol. The second-order valence-corrected chi connectivity index (χ2v) is 7.33. The van der Waals surface area contributed by atoms with Gasteiger partial charge in [-0.25, -0.2) is 8.78 Å². The lowest BCUT2D eigenvalue weighted by molar-refractivity contribution is -0.113. The SMILES string of the molecule is C[C@H](SCC(=O)Nc1ccc(F)c(F)c1)c1nc(N)nc(Nc2ccccc2)n1. The maximum Gasteiger partial charge on any atom is 0.234 e. The van der Waals surface area contributed by atoms with Crippen LogP contribution in [0.15, 0.2) is 48.5 Å². The molecule has 0 spiro atoms. The highest BCUT2D eigenvalue weighted by atomic mass is 32.2. The van der Waals surface area contributed by atoms with E-state index in [-0.39, 0.29) is 28.5 Å². The van der Waals surface area contributed by atoms with Crippen LogP contribution in [0.25, 0.3) is 0 Å². The summed E-state index contributed by atoms with van der Waals surface area (Å²) in [6, 6.07) is 12.5. The van der Waals surface area contributed by atoms with Gasteiger partial charge in [-0.1, -0.05) is 18.2 Å². The molecule has 1 heterocycles. The molecule has 0 aliphatic heterocycles. The van der Waals surface area contributed by atoms with E-state index >= 15 is 0 Å². The Hall–Kier alpha value is -3.27. The fourth-order valence-electron chi connectivity index (χ4n) is 2.34. The number of carbonyl (C=O) groups excluding carboxylic acids is 1. The predicted molar refractivity (Wildman–Crippen MR) is 110 cm³/mol. The van der Waals surface area contributed by atoms with Crippen LogP contribution < -0.4 is 16.4 Å². The van der Waals surface area contributed by atoms with Gasteiger partial charge in [0.1, 0.15) is 5.82 Å². The van der Waals surface area contributed by atoms with E-state index in [4.69, 9.17) is 5.73 Å². The van der Waals surface area contributed by atoms with E-state index in [1.807, 2.05) is 37.3 Å². The van der Waals surface area contributed by atoms with Crippen LogP contribution in [0, 0.1) is 11.6 Å². The number of hydrogen-bond donors (Lipinski definition) is 3. The fourth-order valence-corrected chi connectivity index (χ4v) is 3.07. The van der Waals surface area contributed by atoms with Crippen molar-refractivity contribution in [2.75, 3.05) is 22.1 Å². The number of nitrogen functional groups attached to an aromatic ring is 1. The van der Waals surface area contributed by atoms with Crippen molar-refractivity contribution in [3.8, 4) is 0 Å². The summed E-state index contributed by atoms with van der Waals surface area (Å²) in [5.74, 6) is -1.52. The zero-order chi connectivity index (χ0) is 20.8. The number of carbonyl (C=O) groups is 1. The zero-order valence-electron chi connectivity index (χ0n) is 15.4. The first-order valence-electron chi connectivity index (χ1n) is 8.61. The summed E-state index contributed by atoms with van der Waals surface area (Å²) < 4.78 is 26.2. The molecule has 3 aromatic rings. The molecule has 10 heteroatoms. The van der Waals surface area contributed by atoms with Crippen LogP contribution in [-0.2, 0) is 4.79 Å². The smallest absolute Gasteiger partial charge is 0.234 e. The van der Waals surface area contributed by atoms with Gasteiger partial charge in [-0.3, -0.25) is 4.79 Å². The number of benzene rings is 2. The number of amides is 1. The third kappa shape index (κ3) is 5.85. The highest BCUT2D eigenvalue weighted by molar-refractivity contribution is 8.00. The molecule has 0 aliphatic rings. The number of anilines is 4. The first-order valence-corrected chi connectivity index (χ1v) is 9.65. The Morgan fingerprint density at radius 2 is 1.83 bits per heavy atom. The van der Waals surface area contributed by atoms with Crippen LogP contribution >= 0.6 is 11.8 Å². The summed E-state index contributed by atoms with van der Waals surface area (Å²) in [7, 11) is 0. The van der Waals surface area contributed by atoms with Gasteiger partial charge in [0.05, 0.1) is 11.0 Å². The van der Waals surface area contributed by atoms with Gasteiger partial charge in [0, 0.05) is 17.4 Å². The molecule has 2 aromatic carbocycles. The minimum Gasteiger partial charge on any atom is -0.368 e. The van der Waals surface area contributed by atoms with E-state index in [2.05, 4.69) is 25.6 Å². The Labute approximate surface area is 170 Å². The first kappa shape index (κ1) is 20.5. The van der Waals surface area contributed by atoms with Crippen molar-refractivity contribution < 1.29 is 13.6 Å². The highest BCUT2D eigenvalue weighted by Crippen LogP contribution is 2.27. The Balaban J connectivity index is 1.60. The van der Waals surface area contributed by atoms with Crippen LogP contribution in [0.3, 0.4) is 0 Å². The molecule has 0 unspecified atom stereocenters. The quantitative estimate of drug-likeness (QED) is 0.536. The molecule has 1 aromatic heterocycles. The maximum atomic E-state index is 13.2. The van der Waals surface area contributed by atoms with Crippen molar-refractivity contribution in [1.29, 1.82) is 0 Å². The predicted octanol–water partition coefficient (Wildman–Crippen LogP) is 3.91. The summed E-state index contributed by atoms with van der Waals surface area (Å²) in [6.07, 6.45) is 0. The molecule has 3 rings (SSSR count). The maximum absolute atomic E-state index is 13.2. The second kappa shape index (κ2) is 9.28. The van der Waals surface area contributed by atoms with Gasteiger partial charge in [-0.05, 0) is 31.2 Å². The van der Waals surface area contributed by atoms with Crippen LogP contribution in [0.5, 0.6) is 0 Å². The third-order valence-electron chi connectivity index (χ3n) is 3.73. The van der Waals surface area contributed by atoms with E-state index < -0.39 is 11.6 Å². The van der Waals surface area contributed by atoms with E-state index in [9.17, 15) is 13.6 Å². The van der Waals surface area contributed by atoms with Crippen molar-refractivity contribution in [2.24, 2.45) is 0 Å². The normalized spacial score (nSPS) is 11.7. The molecule has 150 valence electrons. The molecule has 0 fully saturated rings. The summed E-state index contributed by atoms with van der Waals surface area (Å²) in [5, 5.41) is 5.31. The van der Waals surface area contributed by atoms with E-state index in [0.717, 1.165) is 17.8 Å². The molecule has 1 amide bonds. The number of para-hydroxylation sites is 1. The average Bonchev–Trinajstić information content (AvgIpc) is 2.69. The summed E-state index contributed by atoms with van der Waals surface area (Å²) in [4.78, 5) is 24.6. The minimum absolute atomic E-state index is 0.0621. The molecular weight excluding hydrogens is 398 g/mol. The number of aromatic nitrogens is 3. The summed E-state index contributed by atoms with van der Waals surface area (Å²) in [5.41, 5.74) is 6.76. The summed E-state index contributed by atoms with van der Waals surface area (Å²) in [6.45, 7) is 1.83. The molecule has 0 aliphatic carbocycles. The Bertz CT molecular complexity index is 1010. The van der Waals surface area contributed by atoms with Crippen molar-refractivity contribution in [3.63, 3.8) is 0 Å². The van der Waals surface area contributed by atoms with Crippen molar-refractivity contribution in [2.45, 2.75) is 12.2 Å². The Kier molecular flexibility index (Phi) is 6.55. The van der Waals surface area contributed by atoms with Gasteiger partial charge < -0.3 is 16.4 Å². The molecule has 7 nitrogen and oxygen atoms in total. The largest absolute Gasteiger partial charge is 0.368 e. The highest BCUT2D eigenvalue weighted by Gasteiger charge is 2.15. The molecule has 0 saturated carbocycles. The van der Waals surface area contributed by atoms with Gasteiger partial charge in [0.15, 0.2) is 11.6 Å². The molecule has 1 atom stereocenters. The zero-order valence-corrected chi connectivity index (χ0v) is 16.2. The van der Waals surface area contributed by atoms with Crippen molar-refractivity contribution >= 4 is 40.9 Å². The van der Waals surface area contributed by atoms with E-state index in [0.29, 0.717) is 11.8 Å². The lowest BCUT2D eigenvalue weighted by Crippen LogP contribution is -2.15. The number of halogens is 2. The lowest BCUT2D eigenvalue weighted by atomic mass is 10.3.